The van der Waals surface area contributed by atoms with Crippen molar-refractivity contribution in [2.24, 2.45) is 0 Å². The van der Waals surface area contributed by atoms with E-state index in [4.69, 9.17) is 0 Å². The minimum atomic E-state index is -0.0931. The number of rotatable bonds is 2. The van der Waals surface area contributed by atoms with Crippen LogP contribution in [-0.2, 0) is 6.54 Å². The van der Waals surface area contributed by atoms with Crippen LogP contribution in [0, 0.1) is 6.92 Å². The maximum absolute atomic E-state index is 12.1. The van der Waals surface area contributed by atoms with Crippen LogP contribution in [0.3, 0.4) is 0 Å². The lowest BCUT2D eigenvalue weighted by Gasteiger charge is -2.25. The van der Waals surface area contributed by atoms with Crippen molar-refractivity contribution in [3.8, 4) is 0 Å². The molecule has 1 aromatic heterocycles. The van der Waals surface area contributed by atoms with Crippen LogP contribution in [0.15, 0.2) is 12.2 Å². The lowest BCUT2D eigenvalue weighted by molar-refractivity contribution is 0.228. The summed E-state index contributed by atoms with van der Waals surface area (Å²) in [6.45, 7) is 2.78. The highest BCUT2D eigenvalue weighted by Crippen LogP contribution is 2.22. The molecule has 2 N–H and O–H groups in total. The Labute approximate surface area is 118 Å². The molecule has 0 spiro atoms. The smallest absolute Gasteiger partial charge is 0.315 e. The van der Waals surface area contributed by atoms with Gasteiger partial charge in [-0.25, -0.2) is 14.5 Å². The molecule has 1 aromatic rings. The maximum atomic E-state index is 12.1. The van der Waals surface area contributed by atoms with E-state index in [2.05, 4.69) is 32.9 Å². The number of aromatic nitrogens is 3. The molecule has 108 valence electrons. The fraction of sp³-hybridized carbons (Fsp3) is 0.643. The third-order valence-corrected chi connectivity index (χ3v) is 3.89. The average molecular weight is 275 g/mol. The Morgan fingerprint density at radius 2 is 2.25 bits per heavy atom. The third-order valence-electron chi connectivity index (χ3n) is 3.89. The molecule has 2 unspecified atom stereocenters. The largest absolute Gasteiger partial charge is 0.335 e. The Kier molecular flexibility index (Phi) is 3.71. The number of amides is 2. The van der Waals surface area contributed by atoms with Crippen molar-refractivity contribution in [2.75, 3.05) is 0 Å². The van der Waals surface area contributed by atoms with Gasteiger partial charge < -0.3 is 10.6 Å². The van der Waals surface area contributed by atoms with Crippen LogP contribution in [0.25, 0.3) is 0 Å². The minimum Gasteiger partial charge on any atom is -0.335 e. The molecule has 0 saturated heterocycles. The van der Waals surface area contributed by atoms with Crippen molar-refractivity contribution in [2.45, 2.75) is 57.7 Å². The first-order chi connectivity index (χ1) is 9.72. The number of nitrogens with one attached hydrogen (secondary N) is 2. The first kappa shape index (κ1) is 13.1. The number of fused-ring (bicyclic) bond motifs is 1. The van der Waals surface area contributed by atoms with E-state index in [-0.39, 0.29) is 18.1 Å². The van der Waals surface area contributed by atoms with Crippen molar-refractivity contribution >= 4 is 6.03 Å². The summed E-state index contributed by atoms with van der Waals surface area (Å²) in [5, 5.41) is 10.4. The normalized spacial score (nSPS) is 25.1. The Bertz CT molecular complexity index is 522. The van der Waals surface area contributed by atoms with Crippen molar-refractivity contribution in [3.63, 3.8) is 0 Å². The van der Waals surface area contributed by atoms with Crippen LogP contribution in [0.5, 0.6) is 0 Å². The van der Waals surface area contributed by atoms with E-state index in [0.717, 1.165) is 50.3 Å². The van der Waals surface area contributed by atoms with Crippen LogP contribution in [0.4, 0.5) is 4.79 Å². The first-order valence-corrected chi connectivity index (χ1v) is 7.36. The molecule has 20 heavy (non-hydrogen) atoms. The molecule has 2 aliphatic rings. The summed E-state index contributed by atoms with van der Waals surface area (Å²) in [6, 6.07) is 0.136. The molecule has 6 heteroatoms. The van der Waals surface area contributed by atoms with Gasteiger partial charge in [-0.05, 0) is 39.0 Å². The van der Waals surface area contributed by atoms with Crippen molar-refractivity contribution in [3.05, 3.63) is 23.8 Å². The van der Waals surface area contributed by atoms with Gasteiger partial charge in [0.15, 0.2) is 0 Å². The zero-order valence-electron chi connectivity index (χ0n) is 11.8. The number of hydrogen-bond acceptors (Lipinski definition) is 3. The van der Waals surface area contributed by atoms with Gasteiger partial charge in [0.25, 0.3) is 0 Å². The molecule has 6 nitrogen and oxygen atoms in total. The van der Waals surface area contributed by atoms with Gasteiger partial charge in [-0.2, -0.15) is 5.10 Å². The van der Waals surface area contributed by atoms with Gasteiger partial charge >= 0.3 is 6.03 Å². The van der Waals surface area contributed by atoms with Gasteiger partial charge in [0.05, 0.1) is 6.04 Å². The monoisotopic (exact) mass is 275 g/mol. The van der Waals surface area contributed by atoms with E-state index in [9.17, 15) is 4.79 Å². The SMILES string of the molecule is Cc1nc2n(n1)CCCC2NC(=O)NC1CC=CCC1. The molecule has 0 radical (unpaired) electrons. The lowest BCUT2D eigenvalue weighted by atomic mass is 10.0. The summed E-state index contributed by atoms with van der Waals surface area (Å²) in [6.07, 6.45) is 9.24. The lowest BCUT2D eigenvalue weighted by Crippen LogP contribution is -2.44. The summed E-state index contributed by atoms with van der Waals surface area (Å²) in [5.41, 5.74) is 0. The number of nitrogens with zero attached hydrogens (tertiary/aromatic N) is 3. The molecular weight excluding hydrogens is 254 g/mol. The molecule has 0 saturated carbocycles. The number of carbonyl (C=O) groups excluding carboxylic acids is 1. The van der Waals surface area contributed by atoms with Gasteiger partial charge in [0.2, 0.25) is 0 Å². The van der Waals surface area contributed by atoms with E-state index in [0.29, 0.717) is 0 Å². The fourth-order valence-electron chi connectivity index (χ4n) is 2.92. The topological polar surface area (TPSA) is 71.8 Å². The van der Waals surface area contributed by atoms with E-state index < -0.39 is 0 Å². The highest BCUT2D eigenvalue weighted by molar-refractivity contribution is 5.74. The van der Waals surface area contributed by atoms with Crippen LogP contribution in [0.1, 0.15) is 49.8 Å². The molecule has 1 aliphatic carbocycles. The number of aryl methyl sites for hydroxylation is 2. The van der Waals surface area contributed by atoms with Gasteiger partial charge in [-0.15, -0.1) is 0 Å². The summed E-state index contributed by atoms with van der Waals surface area (Å²) in [7, 11) is 0. The van der Waals surface area contributed by atoms with Gasteiger partial charge in [-0.3, -0.25) is 0 Å². The summed E-state index contributed by atoms with van der Waals surface area (Å²) < 4.78 is 1.91. The Balaban J connectivity index is 1.60. The average Bonchev–Trinajstić information content (AvgIpc) is 2.81. The third kappa shape index (κ3) is 2.84. The standard InChI is InChI=1S/C14H21N5O/c1-10-15-13-12(8-5-9-19(13)18-10)17-14(20)16-11-6-3-2-4-7-11/h2-3,11-12H,4-9H2,1H3,(H2,16,17,20). The van der Waals surface area contributed by atoms with Gasteiger partial charge in [0.1, 0.15) is 11.6 Å². The maximum Gasteiger partial charge on any atom is 0.315 e. The second kappa shape index (κ2) is 5.64. The predicted molar refractivity (Wildman–Crippen MR) is 75.2 cm³/mol. The van der Waals surface area contributed by atoms with Crippen LogP contribution >= 0.6 is 0 Å². The molecule has 2 heterocycles. The molecule has 2 amide bonds. The van der Waals surface area contributed by atoms with Crippen LogP contribution in [-0.4, -0.2) is 26.8 Å². The molecule has 3 rings (SSSR count). The molecule has 0 aromatic carbocycles. The summed E-state index contributed by atoms with van der Waals surface area (Å²) >= 11 is 0. The number of urea groups is 1. The second-order valence-electron chi connectivity index (χ2n) is 5.53. The fourth-order valence-corrected chi connectivity index (χ4v) is 2.92. The minimum absolute atomic E-state index is 0.0240. The van der Waals surface area contributed by atoms with Crippen LogP contribution < -0.4 is 10.6 Å². The molecule has 0 bridgehead atoms. The van der Waals surface area contributed by atoms with Crippen molar-refractivity contribution in [1.82, 2.24) is 25.4 Å². The number of allylic oxidation sites excluding steroid dienone is 1. The van der Waals surface area contributed by atoms with E-state index in [1.807, 2.05) is 11.6 Å². The number of hydrogen-bond donors (Lipinski definition) is 2. The zero-order chi connectivity index (χ0) is 13.9. The van der Waals surface area contributed by atoms with E-state index in [1.165, 1.54) is 0 Å². The highest BCUT2D eigenvalue weighted by Gasteiger charge is 2.25. The van der Waals surface area contributed by atoms with E-state index in [1.54, 1.807) is 0 Å². The number of carbonyl (C=O) groups is 1. The first-order valence-electron chi connectivity index (χ1n) is 7.36. The predicted octanol–water partition coefficient (Wildman–Crippen LogP) is 1.83. The Hall–Kier alpha value is -1.85. The Morgan fingerprint density at radius 1 is 1.35 bits per heavy atom. The molecule has 0 fully saturated rings. The summed E-state index contributed by atoms with van der Waals surface area (Å²) in [4.78, 5) is 16.5. The molecule has 2 atom stereocenters. The van der Waals surface area contributed by atoms with Gasteiger partial charge in [-0.1, -0.05) is 12.2 Å². The summed E-state index contributed by atoms with van der Waals surface area (Å²) in [5.74, 6) is 1.65. The zero-order valence-corrected chi connectivity index (χ0v) is 11.8. The van der Waals surface area contributed by atoms with Crippen molar-refractivity contribution < 1.29 is 4.79 Å². The molecule has 1 aliphatic heterocycles. The molecular formula is C14H21N5O. The highest BCUT2D eigenvalue weighted by atomic mass is 16.2. The quantitative estimate of drug-likeness (QED) is 0.809. The Morgan fingerprint density at radius 3 is 3.05 bits per heavy atom. The van der Waals surface area contributed by atoms with Crippen LogP contribution in [0.2, 0.25) is 0 Å². The van der Waals surface area contributed by atoms with Crippen molar-refractivity contribution in [1.29, 1.82) is 0 Å². The van der Waals surface area contributed by atoms with Gasteiger partial charge in [0, 0.05) is 12.6 Å². The van der Waals surface area contributed by atoms with E-state index >= 15 is 0 Å². The second-order valence-corrected chi connectivity index (χ2v) is 5.53.